The number of ketones is 1. The van der Waals surface area contributed by atoms with Gasteiger partial charge in [0.25, 0.3) is 5.91 Å². The molecule has 0 saturated carbocycles. The zero-order valence-corrected chi connectivity index (χ0v) is 12.3. The quantitative estimate of drug-likeness (QED) is 0.755. The molecule has 2 heterocycles. The van der Waals surface area contributed by atoms with Crippen molar-refractivity contribution in [2.45, 2.75) is 13.8 Å². The average Bonchev–Trinajstić information content (AvgIpc) is 2.93. The molecule has 0 aliphatic rings. The molecule has 110 valence electrons. The fourth-order valence-electron chi connectivity index (χ4n) is 2.34. The van der Waals surface area contributed by atoms with E-state index in [1.165, 1.54) is 6.92 Å². The molecule has 0 saturated heterocycles. The Labute approximate surface area is 127 Å². The molecule has 0 fully saturated rings. The number of pyridine rings is 1. The fraction of sp³-hybridized carbons (Fsp3) is 0.118. The SMILES string of the molecule is CC(=O)c1ccccc1NC(=O)c1cn2c(C)cccc2n1. The van der Waals surface area contributed by atoms with Crippen LogP contribution in [-0.2, 0) is 0 Å². The Morgan fingerprint density at radius 1 is 1.09 bits per heavy atom. The summed E-state index contributed by atoms with van der Waals surface area (Å²) < 4.78 is 1.85. The topological polar surface area (TPSA) is 63.5 Å². The number of carbonyl (C=O) groups is 2. The number of nitrogens with zero attached hydrogens (tertiary/aromatic N) is 2. The summed E-state index contributed by atoms with van der Waals surface area (Å²) >= 11 is 0. The Kier molecular flexibility index (Phi) is 3.47. The van der Waals surface area contributed by atoms with Gasteiger partial charge in [-0.25, -0.2) is 4.98 Å². The van der Waals surface area contributed by atoms with Crippen LogP contribution >= 0.6 is 0 Å². The first kappa shape index (κ1) is 14.0. The molecule has 1 amide bonds. The van der Waals surface area contributed by atoms with Crippen LogP contribution in [0.25, 0.3) is 5.65 Å². The van der Waals surface area contributed by atoms with Gasteiger partial charge < -0.3 is 9.72 Å². The smallest absolute Gasteiger partial charge is 0.275 e. The molecule has 0 bridgehead atoms. The largest absolute Gasteiger partial charge is 0.320 e. The molecular weight excluding hydrogens is 278 g/mol. The van der Waals surface area contributed by atoms with Crippen LogP contribution in [0, 0.1) is 6.92 Å². The fourth-order valence-corrected chi connectivity index (χ4v) is 2.34. The third-order valence-corrected chi connectivity index (χ3v) is 3.48. The van der Waals surface area contributed by atoms with Crippen LogP contribution in [0.15, 0.2) is 48.7 Å². The van der Waals surface area contributed by atoms with Gasteiger partial charge in [-0.2, -0.15) is 0 Å². The second-order valence-corrected chi connectivity index (χ2v) is 5.08. The molecule has 0 unspecified atom stereocenters. The lowest BCUT2D eigenvalue weighted by atomic mass is 10.1. The van der Waals surface area contributed by atoms with Crippen LogP contribution < -0.4 is 5.32 Å². The van der Waals surface area contributed by atoms with Crippen molar-refractivity contribution in [1.29, 1.82) is 0 Å². The molecule has 1 aromatic carbocycles. The minimum absolute atomic E-state index is 0.0956. The van der Waals surface area contributed by atoms with Crippen molar-refractivity contribution in [2.24, 2.45) is 0 Å². The van der Waals surface area contributed by atoms with E-state index in [0.29, 0.717) is 22.6 Å². The Morgan fingerprint density at radius 3 is 2.59 bits per heavy atom. The number of benzene rings is 1. The molecular formula is C17H15N3O2. The van der Waals surface area contributed by atoms with E-state index in [4.69, 9.17) is 0 Å². The molecule has 3 rings (SSSR count). The van der Waals surface area contributed by atoms with Crippen molar-refractivity contribution in [3.8, 4) is 0 Å². The highest BCUT2D eigenvalue weighted by molar-refractivity contribution is 6.08. The molecule has 22 heavy (non-hydrogen) atoms. The van der Waals surface area contributed by atoms with Crippen molar-refractivity contribution < 1.29 is 9.59 Å². The molecule has 3 aromatic rings. The Morgan fingerprint density at radius 2 is 1.86 bits per heavy atom. The van der Waals surface area contributed by atoms with Gasteiger partial charge in [-0.3, -0.25) is 9.59 Å². The minimum Gasteiger partial charge on any atom is -0.320 e. The maximum absolute atomic E-state index is 12.4. The molecule has 0 radical (unpaired) electrons. The number of fused-ring (bicyclic) bond motifs is 1. The second-order valence-electron chi connectivity index (χ2n) is 5.08. The summed E-state index contributed by atoms with van der Waals surface area (Å²) in [6, 6.07) is 12.6. The van der Waals surface area contributed by atoms with E-state index in [9.17, 15) is 9.59 Å². The maximum Gasteiger partial charge on any atom is 0.275 e. The Balaban J connectivity index is 1.94. The van der Waals surface area contributed by atoms with E-state index in [1.807, 2.05) is 29.5 Å². The summed E-state index contributed by atoms with van der Waals surface area (Å²) in [5.74, 6) is -0.432. The standard InChI is InChI=1S/C17H15N3O2/c1-11-6-5-9-16-18-15(10-20(11)16)17(22)19-14-8-4-3-7-13(14)12(2)21/h3-10H,1-2H3,(H,19,22). The molecule has 0 atom stereocenters. The zero-order chi connectivity index (χ0) is 15.7. The number of para-hydroxylation sites is 1. The highest BCUT2D eigenvalue weighted by Gasteiger charge is 2.14. The van der Waals surface area contributed by atoms with Crippen LogP contribution in [0.5, 0.6) is 0 Å². The number of aromatic nitrogens is 2. The first-order valence-electron chi connectivity index (χ1n) is 6.92. The van der Waals surface area contributed by atoms with Crippen LogP contribution in [0.4, 0.5) is 5.69 Å². The molecule has 0 aliphatic carbocycles. The monoisotopic (exact) mass is 293 g/mol. The van der Waals surface area contributed by atoms with Gasteiger partial charge in [-0.1, -0.05) is 18.2 Å². The lowest BCUT2D eigenvalue weighted by Crippen LogP contribution is -2.14. The van der Waals surface area contributed by atoms with Crippen LogP contribution in [0.2, 0.25) is 0 Å². The lowest BCUT2D eigenvalue weighted by molar-refractivity contribution is 0.101. The second kappa shape index (κ2) is 5.44. The highest BCUT2D eigenvalue weighted by Crippen LogP contribution is 2.17. The summed E-state index contributed by atoms with van der Waals surface area (Å²) in [6.07, 6.45) is 1.69. The van der Waals surface area contributed by atoms with Gasteiger partial charge >= 0.3 is 0 Å². The third-order valence-electron chi connectivity index (χ3n) is 3.48. The number of aryl methyl sites for hydroxylation is 1. The number of nitrogens with one attached hydrogen (secondary N) is 1. The Hall–Kier alpha value is -2.95. The lowest BCUT2D eigenvalue weighted by Gasteiger charge is -2.07. The van der Waals surface area contributed by atoms with Gasteiger partial charge in [-0.05, 0) is 38.1 Å². The molecule has 1 N–H and O–H groups in total. The van der Waals surface area contributed by atoms with E-state index in [-0.39, 0.29) is 11.7 Å². The molecule has 0 spiro atoms. The maximum atomic E-state index is 12.4. The van der Waals surface area contributed by atoms with E-state index >= 15 is 0 Å². The number of imidazole rings is 1. The predicted octanol–water partition coefficient (Wildman–Crippen LogP) is 3.10. The molecule has 0 aliphatic heterocycles. The molecule has 2 aromatic heterocycles. The van der Waals surface area contributed by atoms with E-state index in [2.05, 4.69) is 10.3 Å². The summed E-state index contributed by atoms with van der Waals surface area (Å²) in [5.41, 5.74) is 3.00. The Bertz CT molecular complexity index is 880. The van der Waals surface area contributed by atoms with Gasteiger partial charge in [0.15, 0.2) is 5.78 Å². The number of Topliss-reactive ketones (excluding diaryl/α,β-unsaturated/α-hetero) is 1. The van der Waals surface area contributed by atoms with Crippen LogP contribution in [0.3, 0.4) is 0 Å². The first-order chi connectivity index (χ1) is 10.6. The minimum atomic E-state index is -0.336. The van der Waals surface area contributed by atoms with E-state index in [1.54, 1.807) is 30.5 Å². The van der Waals surface area contributed by atoms with Gasteiger partial charge in [0.1, 0.15) is 11.3 Å². The van der Waals surface area contributed by atoms with Gasteiger partial charge in [0.05, 0.1) is 5.69 Å². The van der Waals surface area contributed by atoms with Gasteiger partial charge in [0.2, 0.25) is 0 Å². The van der Waals surface area contributed by atoms with Gasteiger partial charge in [0, 0.05) is 17.5 Å². The first-order valence-corrected chi connectivity index (χ1v) is 6.92. The zero-order valence-electron chi connectivity index (χ0n) is 12.3. The van der Waals surface area contributed by atoms with Crippen molar-refractivity contribution >= 4 is 23.0 Å². The predicted molar refractivity (Wildman–Crippen MR) is 84.3 cm³/mol. The highest BCUT2D eigenvalue weighted by atomic mass is 16.2. The van der Waals surface area contributed by atoms with E-state index < -0.39 is 0 Å². The summed E-state index contributed by atoms with van der Waals surface area (Å²) in [4.78, 5) is 28.3. The third kappa shape index (κ3) is 2.48. The number of hydrogen-bond acceptors (Lipinski definition) is 3. The summed E-state index contributed by atoms with van der Waals surface area (Å²) in [7, 11) is 0. The average molecular weight is 293 g/mol. The summed E-state index contributed by atoms with van der Waals surface area (Å²) in [6.45, 7) is 3.42. The van der Waals surface area contributed by atoms with Crippen molar-refractivity contribution in [3.63, 3.8) is 0 Å². The van der Waals surface area contributed by atoms with Crippen LogP contribution in [0.1, 0.15) is 33.5 Å². The van der Waals surface area contributed by atoms with Crippen LogP contribution in [-0.4, -0.2) is 21.1 Å². The number of hydrogen-bond donors (Lipinski definition) is 1. The molecule has 5 nitrogen and oxygen atoms in total. The van der Waals surface area contributed by atoms with Crippen molar-refractivity contribution in [3.05, 3.63) is 65.6 Å². The number of amides is 1. The van der Waals surface area contributed by atoms with E-state index in [0.717, 1.165) is 5.69 Å². The van der Waals surface area contributed by atoms with Crippen molar-refractivity contribution in [2.75, 3.05) is 5.32 Å². The molecule has 5 heteroatoms. The normalized spacial score (nSPS) is 10.6. The number of anilines is 1. The number of carbonyl (C=O) groups excluding carboxylic acids is 2. The van der Waals surface area contributed by atoms with Crippen molar-refractivity contribution in [1.82, 2.24) is 9.38 Å². The number of rotatable bonds is 3. The summed E-state index contributed by atoms with van der Waals surface area (Å²) in [5, 5.41) is 2.75. The van der Waals surface area contributed by atoms with Gasteiger partial charge in [-0.15, -0.1) is 0 Å².